The number of nitrogens with two attached hydrogens (primary N) is 1. The minimum Gasteiger partial charge on any atom is -0.478 e. The fourth-order valence-corrected chi connectivity index (χ4v) is 2.20. The average molecular weight is 353 g/mol. The highest BCUT2D eigenvalue weighted by Crippen LogP contribution is 2.28. The number of nitrogens with one attached hydrogen (secondary N) is 1. The number of aromatic carboxylic acids is 1. The summed E-state index contributed by atoms with van der Waals surface area (Å²) >= 11 is 3.23. The van der Waals surface area contributed by atoms with E-state index in [0.29, 0.717) is 15.8 Å². The van der Waals surface area contributed by atoms with Crippen molar-refractivity contribution in [3.05, 3.63) is 57.8 Å². The Bertz CT molecular complexity index is 734. The first kappa shape index (κ1) is 15.0. The highest BCUT2D eigenvalue weighted by Gasteiger charge is 2.12. The van der Waals surface area contributed by atoms with Gasteiger partial charge in [-0.1, -0.05) is 0 Å². The molecule has 0 aliphatic carbocycles. The van der Waals surface area contributed by atoms with Crippen LogP contribution in [0.1, 0.15) is 20.7 Å². The third kappa shape index (κ3) is 3.38. The van der Waals surface area contributed by atoms with E-state index in [1.165, 1.54) is 30.3 Å². The van der Waals surface area contributed by atoms with E-state index in [0.717, 1.165) is 6.07 Å². The normalized spacial score (nSPS) is 10.2. The van der Waals surface area contributed by atoms with Crippen LogP contribution in [0, 0.1) is 5.82 Å². The second kappa shape index (κ2) is 5.92. The van der Waals surface area contributed by atoms with Gasteiger partial charge in [-0.3, -0.25) is 4.79 Å². The fraction of sp³-hybridized carbons (Fsp3) is 0. The van der Waals surface area contributed by atoms with Crippen LogP contribution in [-0.4, -0.2) is 17.0 Å². The molecule has 0 saturated heterocycles. The molecule has 21 heavy (non-hydrogen) atoms. The number of primary amides is 1. The highest BCUT2D eigenvalue weighted by molar-refractivity contribution is 9.10. The summed E-state index contributed by atoms with van der Waals surface area (Å²) in [5.74, 6) is -2.40. The van der Waals surface area contributed by atoms with Crippen molar-refractivity contribution in [1.82, 2.24) is 0 Å². The van der Waals surface area contributed by atoms with Crippen molar-refractivity contribution in [1.29, 1.82) is 0 Å². The van der Waals surface area contributed by atoms with Gasteiger partial charge in [0.15, 0.2) is 0 Å². The Hall–Kier alpha value is -2.41. The molecule has 0 heterocycles. The number of carboxylic acids is 1. The highest BCUT2D eigenvalue weighted by atomic mass is 79.9. The topological polar surface area (TPSA) is 92.4 Å². The molecule has 0 bridgehead atoms. The van der Waals surface area contributed by atoms with Crippen LogP contribution in [0.4, 0.5) is 15.8 Å². The lowest BCUT2D eigenvalue weighted by Gasteiger charge is -2.12. The number of carboxylic acid groups (broad SMARTS) is 1. The molecule has 0 spiro atoms. The smallest absolute Gasteiger partial charge is 0.335 e. The lowest BCUT2D eigenvalue weighted by atomic mass is 10.1. The number of anilines is 2. The first-order valence-corrected chi connectivity index (χ1v) is 6.57. The molecule has 4 N–H and O–H groups in total. The van der Waals surface area contributed by atoms with Crippen molar-refractivity contribution >= 4 is 39.2 Å². The van der Waals surface area contributed by atoms with Crippen molar-refractivity contribution < 1.29 is 19.1 Å². The van der Waals surface area contributed by atoms with Crippen LogP contribution in [-0.2, 0) is 0 Å². The van der Waals surface area contributed by atoms with E-state index in [4.69, 9.17) is 10.8 Å². The summed E-state index contributed by atoms with van der Waals surface area (Å²) in [7, 11) is 0. The number of hydrogen-bond donors (Lipinski definition) is 3. The molecule has 2 aromatic rings. The Labute approximate surface area is 127 Å². The van der Waals surface area contributed by atoms with Crippen LogP contribution in [0.5, 0.6) is 0 Å². The zero-order valence-corrected chi connectivity index (χ0v) is 12.1. The summed E-state index contributed by atoms with van der Waals surface area (Å²) in [6.07, 6.45) is 0. The predicted molar refractivity (Wildman–Crippen MR) is 79.3 cm³/mol. The number of carbonyl (C=O) groups excluding carboxylic acids is 1. The number of hydrogen-bond acceptors (Lipinski definition) is 3. The Morgan fingerprint density at radius 3 is 2.38 bits per heavy atom. The van der Waals surface area contributed by atoms with Crippen molar-refractivity contribution in [3.63, 3.8) is 0 Å². The second-order valence-electron chi connectivity index (χ2n) is 4.18. The predicted octanol–water partition coefficient (Wildman–Crippen LogP) is 3.13. The number of carbonyl (C=O) groups is 2. The van der Waals surface area contributed by atoms with E-state index in [2.05, 4.69) is 21.2 Å². The van der Waals surface area contributed by atoms with Gasteiger partial charge in [0.05, 0.1) is 22.5 Å². The van der Waals surface area contributed by atoms with Crippen LogP contribution in [0.3, 0.4) is 0 Å². The lowest BCUT2D eigenvalue weighted by molar-refractivity contribution is 0.0696. The maximum absolute atomic E-state index is 13.2. The summed E-state index contributed by atoms with van der Waals surface area (Å²) in [6.45, 7) is 0. The third-order valence-electron chi connectivity index (χ3n) is 2.73. The molecule has 0 aliphatic heterocycles. The summed E-state index contributed by atoms with van der Waals surface area (Å²) in [5.41, 5.74) is 6.17. The summed E-state index contributed by atoms with van der Waals surface area (Å²) < 4.78 is 13.6. The van der Waals surface area contributed by atoms with E-state index < -0.39 is 17.7 Å². The molecule has 0 radical (unpaired) electrons. The number of amides is 1. The molecule has 0 unspecified atom stereocenters. The van der Waals surface area contributed by atoms with E-state index in [9.17, 15) is 14.0 Å². The molecule has 0 fully saturated rings. The number of rotatable bonds is 4. The van der Waals surface area contributed by atoms with Crippen LogP contribution >= 0.6 is 15.9 Å². The Morgan fingerprint density at radius 2 is 1.81 bits per heavy atom. The van der Waals surface area contributed by atoms with Gasteiger partial charge in [0, 0.05) is 4.47 Å². The Balaban J connectivity index is 2.39. The Morgan fingerprint density at radius 1 is 1.14 bits per heavy atom. The molecule has 7 heteroatoms. The summed E-state index contributed by atoms with van der Waals surface area (Å²) in [5, 5.41) is 11.8. The SMILES string of the molecule is NC(=O)c1cc(F)ccc1Nc1ccc(C(=O)O)cc1Br. The molecule has 0 aromatic heterocycles. The maximum Gasteiger partial charge on any atom is 0.335 e. The number of halogens is 2. The van der Waals surface area contributed by atoms with Gasteiger partial charge in [0.25, 0.3) is 5.91 Å². The van der Waals surface area contributed by atoms with E-state index in [1.807, 2.05) is 0 Å². The molecule has 5 nitrogen and oxygen atoms in total. The zero-order valence-electron chi connectivity index (χ0n) is 10.6. The molecular weight excluding hydrogens is 343 g/mol. The maximum atomic E-state index is 13.2. The molecule has 0 saturated carbocycles. The van der Waals surface area contributed by atoms with E-state index in [-0.39, 0.29) is 11.1 Å². The van der Waals surface area contributed by atoms with Gasteiger partial charge in [-0.15, -0.1) is 0 Å². The molecule has 2 rings (SSSR count). The van der Waals surface area contributed by atoms with Crippen LogP contribution in [0.2, 0.25) is 0 Å². The van der Waals surface area contributed by atoms with Gasteiger partial charge in [0.1, 0.15) is 5.82 Å². The van der Waals surface area contributed by atoms with Gasteiger partial charge < -0.3 is 16.2 Å². The van der Waals surface area contributed by atoms with Gasteiger partial charge in [-0.25, -0.2) is 9.18 Å². The van der Waals surface area contributed by atoms with E-state index >= 15 is 0 Å². The van der Waals surface area contributed by atoms with Gasteiger partial charge in [0.2, 0.25) is 0 Å². The van der Waals surface area contributed by atoms with Gasteiger partial charge >= 0.3 is 5.97 Å². The Kier molecular flexibility index (Phi) is 4.23. The number of benzene rings is 2. The zero-order chi connectivity index (χ0) is 15.6. The van der Waals surface area contributed by atoms with Gasteiger partial charge in [-0.05, 0) is 52.3 Å². The lowest BCUT2D eigenvalue weighted by Crippen LogP contribution is -2.13. The largest absolute Gasteiger partial charge is 0.478 e. The molecule has 108 valence electrons. The first-order chi connectivity index (χ1) is 9.88. The third-order valence-corrected chi connectivity index (χ3v) is 3.39. The van der Waals surface area contributed by atoms with Crippen molar-refractivity contribution in [3.8, 4) is 0 Å². The second-order valence-corrected chi connectivity index (χ2v) is 5.03. The average Bonchev–Trinajstić information content (AvgIpc) is 2.42. The molecule has 0 aliphatic rings. The standard InChI is InChI=1S/C14H10BrFN2O3/c15-10-5-7(14(20)21)1-3-12(10)18-11-4-2-8(16)6-9(11)13(17)19/h1-6,18H,(H2,17,19)(H,20,21). The van der Waals surface area contributed by atoms with Crippen molar-refractivity contribution in [2.75, 3.05) is 5.32 Å². The summed E-state index contributed by atoms with van der Waals surface area (Å²) in [4.78, 5) is 22.2. The summed E-state index contributed by atoms with van der Waals surface area (Å²) in [6, 6.07) is 7.95. The minimum atomic E-state index is -1.05. The monoisotopic (exact) mass is 352 g/mol. The minimum absolute atomic E-state index is 0.00390. The quantitative estimate of drug-likeness (QED) is 0.787. The van der Waals surface area contributed by atoms with Gasteiger partial charge in [-0.2, -0.15) is 0 Å². The molecule has 2 aromatic carbocycles. The van der Waals surface area contributed by atoms with Crippen LogP contribution in [0.15, 0.2) is 40.9 Å². The molecule has 0 atom stereocenters. The van der Waals surface area contributed by atoms with Crippen LogP contribution < -0.4 is 11.1 Å². The molecular formula is C14H10BrFN2O3. The fourth-order valence-electron chi connectivity index (χ4n) is 1.72. The van der Waals surface area contributed by atoms with Crippen molar-refractivity contribution in [2.24, 2.45) is 5.73 Å². The van der Waals surface area contributed by atoms with E-state index in [1.54, 1.807) is 0 Å². The van der Waals surface area contributed by atoms with Crippen molar-refractivity contribution in [2.45, 2.75) is 0 Å². The van der Waals surface area contributed by atoms with Crippen LogP contribution in [0.25, 0.3) is 0 Å². The molecule has 1 amide bonds. The first-order valence-electron chi connectivity index (χ1n) is 5.77.